The largest absolute Gasteiger partial charge is 0.493 e. The number of nitrogens with zero attached hydrogens (tertiary/aromatic N) is 1. The Kier molecular flexibility index (Phi) is 6.30. The number of methoxy groups -OCH3 is 2. The number of likely N-dealkylation sites (tertiary alicyclic amines) is 1. The molecule has 0 saturated carbocycles. The summed E-state index contributed by atoms with van der Waals surface area (Å²) in [5, 5.41) is 9.40. The molecule has 1 fully saturated rings. The van der Waals surface area contributed by atoms with Gasteiger partial charge in [0.2, 0.25) is 5.91 Å². The first-order chi connectivity index (χ1) is 11.1. The van der Waals surface area contributed by atoms with Crippen LogP contribution in [0.3, 0.4) is 0 Å². The van der Waals surface area contributed by atoms with Crippen molar-refractivity contribution in [1.29, 1.82) is 0 Å². The van der Waals surface area contributed by atoms with Gasteiger partial charge in [-0.2, -0.15) is 0 Å². The standard InChI is InChI=1S/C17H22ClNO4/c1-22-15-10-13(9-14(18)17(15)23-2)3-4-16(21)19-7-5-12(11-19)6-8-20/h3-4,9-10,12,20H,5-8,11H2,1-2H3. The molecule has 0 radical (unpaired) electrons. The molecule has 1 unspecified atom stereocenters. The van der Waals surface area contributed by atoms with Crippen LogP contribution in [0.25, 0.3) is 6.08 Å². The summed E-state index contributed by atoms with van der Waals surface area (Å²) in [4.78, 5) is 14.0. The van der Waals surface area contributed by atoms with Crippen molar-refractivity contribution in [2.45, 2.75) is 12.8 Å². The SMILES string of the molecule is COc1cc(C=CC(=O)N2CCC(CCO)C2)cc(Cl)c1OC. The highest BCUT2D eigenvalue weighted by Crippen LogP contribution is 2.36. The van der Waals surface area contributed by atoms with Gasteiger partial charge in [0.15, 0.2) is 11.5 Å². The number of carbonyl (C=O) groups excluding carboxylic acids is 1. The van der Waals surface area contributed by atoms with E-state index in [9.17, 15) is 4.79 Å². The first-order valence-electron chi connectivity index (χ1n) is 7.58. The third-order valence-corrected chi connectivity index (χ3v) is 4.29. The van der Waals surface area contributed by atoms with Gasteiger partial charge < -0.3 is 19.5 Å². The van der Waals surface area contributed by atoms with E-state index in [-0.39, 0.29) is 12.5 Å². The van der Waals surface area contributed by atoms with Crippen LogP contribution in [-0.4, -0.2) is 49.8 Å². The molecule has 1 aliphatic rings. The number of aliphatic hydroxyl groups excluding tert-OH is 1. The van der Waals surface area contributed by atoms with Gasteiger partial charge >= 0.3 is 0 Å². The van der Waals surface area contributed by atoms with Crippen molar-refractivity contribution in [3.8, 4) is 11.5 Å². The third-order valence-electron chi connectivity index (χ3n) is 4.01. The van der Waals surface area contributed by atoms with Crippen LogP contribution in [0.2, 0.25) is 5.02 Å². The lowest BCUT2D eigenvalue weighted by Crippen LogP contribution is -2.26. The number of hydrogen-bond donors (Lipinski definition) is 1. The van der Waals surface area contributed by atoms with Crippen LogP contribution >= 0.6 is 11.6 Å². The van der Waals surface area contributed by atoms with Gasteiger partial charge in [-0.1, -0.05) is 11.6 Å². The highest BCUT2D eigenvalue weighted by Gasteiger charge is 2.24. The van der Waals surface area contributed by atoms with Gasteiger partial charge in [0.25, 0.3) is 0 Å². The summed E-state index contributed by atoms with van der Waals surface area (Å²) in [5.74, 6) is 1.37. The Bertz CT molecular complexity index is 588. The van der Waals surface area contributed by atoms with E-state index in [0.29, 0.717) is 29.0 Å². The molecule has 23 heavy (non-hydrogen) atoms. The zero-order valence-electron chi connectivity index (χ0n) is 13.4. The maximum absolute atomic E-state index is 12.2. The number of halogens is 1. The van der Waals surface area contributed by atoms with E-state index in [1.807, 2.05) is 0 Å². The highest BCUT2D eigenvalue weighted by molar-refractivity contribution is 6.32. The molecule has 1 aliphatic heterocycles. The Morgan fingerprint density at radius 2 is 2.22 bits per heavy atom. The molecule has 1 aromatic carbocycles. The van der Waals surface area contributed by atoms with Gasteiger partial charge in [0.05, 0.1) is 19.2 Å². The molecule has 1 N–H and O–H groups in total. The normalized spacial score (nSPS) is 17.7. The molecule has 2 rings (SSSR count). The summed E-state index contributed by atoms with van der Waals surface area (Å²) in [7, 11) is 3.07. The van der Waals surface area contributed by atoms with Gasteiger partial charge in [-0.05, 0) is 42.5 Å². The van der Waals surface area contributed by atoms with Gasteiger partial charge in [0.1, 0.15) is 0 Å². The molecular weight excluding hydrogens is 318 g/mol. The fourth-order valence-electron chi connectivity index (χ4n) is 2.76. The van der Waals surface area contributed by atoms with E-state index in [1.165, 1.54) is 7.11 Å². The summed E-state index contributed by atoms with van der Waals surface area (Å²) in [6.07, 6.45) is 4.95. The number of carbonyl (C=O) groups is 1. The lowest BCUT2D eigenvalue weighted by molar-refractivity contribution is -0.125. The Morgan fingerprint density at radius 3 is 2.87 bits per heavy atom. The molecule has 0 bridgehead atoms. The van der Waals surface area contributed by atoms with Crippen LogP contribution in [-0.2, 0) is 4.79 Å². The Hall–Kier alpha value is -1.72. The predicted octanol–water partition coefficient (Wildman–Crippen LogP) is 2.60. The molecule has 0 aliphatic carbocycles. The lowest BCUT2D eigenvalue weighted by Gasteiger charge is -2.14. The summed E-state index contributed by atoms with van der Waals surface area (Å²) in [5.41, 5.74) is 0.770. The second-order valence-electron chi connectivity index (χ2n) is 5.52. The van der Waals surface area contributed by atoms with Gasteiger partial charge in [-0.15, -0.1) is 0 Å². The number of benzene rings is 1. The summed E-state index contributed by atoms with van der Waals surface area (Å²) >= 11 is 6.15. The van der Waals surface area contributed by atoms with Crippen LogP contribution in [0, 0.1) is 5.92 Å². The molecule has 126 valence electrons. The first kappa shape index (κ1) is 17.6. The zero-order chi connectivity index (χ0) is 16.8. The van der Waals surface area contributed by atoms with Crippen molar-refractivity contribution in [3.05, 3.63) is 28.8 Å². The minimum absolute atomic E-state index is 0.0312. The van der Waals surface area contributed by atoms with Crippen LogP contribution in [0.15, 0.2) is 18.2 Å². The number of aliphatic hydroxyl groups is 1. The predicted molar refractivity (Wildman–Crippen MR) is 90.0 cm³/mol. The van der Waals surface area contributed by atoms with Crippen LogP contribution in [0.5, 0.6) is 11.5 Å². The first-order valence-corrected chi connectivity index (χ1v) is 7.96. The van der Waals surface area contributed by atoms with E-state index in [2.05, 4.69) is 0 Å². The second-order valence-corrected chi connectivity index (χ2v) is 5.93. The number of hydrogen-bond acceptors (Lipinski definition) is 4. The van der Waals surface area contributed by atoms with E-state index >= 15 is 0 Å². The smallest absolute Gasteiger partial charge is 0.246 e. The number of ether oxygens (including phenoxy) is 2. The Labute approximate surface area is 141 Å². The van der Waals surface area contributed by atoms with E-state index in [4.69, 9.17) is 26.2 Å². The minimum Gasteiger partial charge on any atom is -0.493 e. The van der Waals surface area contributed by atoms with Crippen molar-refractivity contribution in [1.82, 2.24) is 4.90 Å². The van der Waals surface area contributed by atoms with E-state index in [0.717, 1.165) is 24.9 Å². The van der Waals surface area contributed by atoms with Crippen molar-refractivity contribution >= 4 is 23.6 Å². The summed E-state index contributed by atoms with van der Waals surface area (Å²) < 4.78 is 10.4. The Balaban J connectivity index is 2.05. The topological polar surface area (TPSA) is 59.0 Å². The van der Waals surface area contributed by atoms with Crippen molar-refractivity contribution in [2.75, 3.05) is 33.9 Å². The fourth-order valence-corrected chi connectivity index (χ4v) is 3.05. The maximum Gasteiger partial charge on any atom is 0.246 e. The van der Waals surface area contributed by atoms with Crippen molar-refractivity contribution in [3.63, 3.8) is 0 Å². The van der Waals surface area contributed by atoms with Crippen LogP contribution < -0.4 is 9.47 Å². The number of amides is 1. The molecule has 1 aromatic rings. The molecule has 6 heteroatoms. The maximum atomic E-state index is 12.2. The molecule has 0 spiro atoms. The van der Waals surface area contributed by atoms with Gasteiger partial charge in [-0.3, -0.25) is 4.79 Å². The average molecular weight is 340 g/mol. The third kappa shape index (κ3) is 4.39. The van der Waals surface area contributed by atoms with Gasteiger partial charge in [-0.25, -0.2) is 0 Å². The molecule has 1 saturated heterocycles. The van der Waals surface area contributed by atoms with Crippen LogP contribution in [0.4, 0.5) is 0 Å². The van der Waals surface area contributed by atoms with E-state index < -0.39 is 0 Å². The fraction of sp³-hybridized carbons (Fsp3) is 0.471. The lowest BCUT2D eigenvalue weighted by atomic mass is 10.1. The zero-order valence-corrected chi connectivity index (χ0v) is 14.2. The van der Waals surface area contributed by atoms with Crippen molar-refractivity contribution < 1.29 is 19.4 Å². The summed E-state index contributed by atoms with van der Waals surface area (Å²) in [6.45, 7) is 1.61. The molecular formula is C17H22ClNO4. The van der Waals surface area contributed by atoms with Crippen molar-refractivity contribution in [2.24, 2.45) is 5.92 Å². The molecule has 5 nitrogen and oxygen atoms in total. The van der Waals surface area contributed by atoms with Crippen LogP contribution in [0.1, 0.15) is 18.4 Å². The molecule has 1 heterocycles. The molecule has 0 aromatic heterocycles. The highest BCUT2D eigenvalue weighted by atomic mass is 35.5. The summed E-state index contributed by atoms with van der Waals surface area (Å²) in [6, 6.07) is 3.50. The number of rotatable bonds is 6. The molecule has 1 atom stereocenters. The van der Waals surface area contributed by atoms with Gasteiger partial charge in [0, 0.05) is 25.8 Å². The average Bonchev–Trinajstić information content (AvgIpc) is 3.01. The minimum atomic E-state index is -0.0312. The monoisotopic (exact) mass is 339 g/mol. The Morgan fingerprint density at radius 1 is 1.43 bits per heavy atom. The molecule has 1 amide bonds. The van der Waals surface area contributed by atoms with E-state index in [1.54, 1.807) is 36.3 Å². The quantitative estimate of drug-likeness (QED) is 0.809. The second kappa shape index (κ2) is 8.22.